The van der Waals surface area contributed by atoms with Gasteiger partial charge in [0.1, 0.15) is 5.75 Å². The number of fused-ring (bicyclic) bond motifs is 7. The summed E-state index contributed by atoms with van der Waals surface area (Å²) in [5.74, 6) is 0.342. The number of nitrogens with zero attached hydrogens (tertiary/aromatic N) is 3. The van der Waals surface area contributed by atoms with Gasteiger partial charge in [0.05, 0.1) is 22.1 Å². The van der Waals surface area contributed by atoms with Gasteiger partial charge in [-0.1, -0.05) is 48.5 Å². The van der Waals surface area contributed by atoms with E-state index >= 15 is 0 Å². The second-order valence-electron chi connectivity index (χ2n) is 8.96. The van der Waals surface area contributed by atoms with Gasteiger partial charge in [-0.3, -0.25) is 4.79 Å². The molecule has 1 heterocycles. The average Bonchev–Trinajstić information content (AvgIpc) is 2.92. The lowest BCUT2D eigenvalue weighted by atomic mass is 9.99. The van der Waals surface area contributed by atoms with E-state index in [4.69, 9.17) is 26.9 Å². The third-order valence-corrected chi connectivity index (χ3v) is 6.71. The number of benzene rings is 5. The molecule has 180 valence electrons. The number of hydrogen-bond acceptors (Lipinski definition) is 5. The molecular formula is C30H22N4O2S. The molecule has 0 bridgehead atoms. The first-order chi connectivity index (χ1) is 18.0. The van der Waals surface area contributed by atoms with Crippen molar-refractivity contribution in [1.82, 2.24) is 14.9 Å². The third kappa shape index (κ3) is 4.19. The first-order valence-electron chi connectivity index (χ1n) is 11.8. The fourth-order valence-corrected chi connectivity index (χ4v) is 4.52. The number of thiocarbonyl (C=S) groups is 1. The molecule has 37 heavy (non-hydrogen) atoms. The summed E-state index contributed by atoms with van der Waals surface area (Å²) in [7, 11) is 3.62. The average molecular weight is 503 g/mol. The van der Waals surface area contributed by atoms with E-state index in [2.05, 4.69) is 29.6 Å². The van der Waals surface area contributed by atoms with Crippen LogP contribution in [0.25, 0.3) is 43.6 Å². The van der Waals surface area contributed by atoms with Crippen molar-refractivity contribution in [3.8, 4) is 5.75 Å². The summed E-state index contributed by atoms with van der Waals surface area (Å²) in [5, 5.41) is 7.73. The Morgan fingerprint density at radius 2 is 1.32 bits per heavy atom. The molecule has 6 rings (SSSR count). The van der Waals surface area contributed by atoms with Gasteiger partial charge in [-0.25, -0.2) is 9.97 Å². The van der Waals surface area contributed by atoms with Gasteiger partial charge in [-0.2, -0.15) is 0 Å². The molecule has 0 atom stereocenters. The Balaban J connectivity index is 1.35. The second-order valence-corrected chi connectivity index (χ2v) is 9.31. The Hall–Kier alpha value is -4.62. The van der Waals surface area contributed by atoms with E-state index in [1.807, 2.05) is 56.6 Å². The molecule has 1 N–H and O–H groups in total. The summed E-state index contributed by atoms with van der Waals surface area (Å²) in [4.78, 5) is 24.6. The number of hydrogen-bond donors (Lipinski definition) is 1. The molecule has 1 aromatic heterocycles. The van der Waals surface area contributed by atoms with Crippen LogP contribution >= 0.6 is 12.2 Å². The molecule has 0 radical (unpaired) electrons. The molecule has 0 saturated carbocycles. The summed E-state index contributed by atoms with van der Waals surface area (Å²) in [5.41, 5.74) is 4.35. The van der Waals surface area contributed by atoms with E-state index in [1.165, 1.54) is 0 Å². The summed E-state index contributed by atoms with van der Waals surface area (Å²) in [6, 6.07) is 29.0. The van der Waals surface area contributed by atoms with Crippen LogP contribution in [0.5, 0.6) is 5.75 Å². The molecule has 1 amide bonds. The zero-order valence-electron chi connectivity index (χ0n) is 20.2. The van der Waals surface area contributed by atoms with E-state index < -0.39 is 0 Å². The van der Waals surface area contributed by atoms with Crippen LogP contribution in [0.15, 0.2) is 91.0 Å². The summed E-state index contributed by atoms with van der Waals surface area (Å²) in [6.45, 7) is 0. The number of ether oxygens (including phenoxy) is 1. The van der Waals surface area contributed by atoms with Crippen LogP contribution in [0.3, 0.4) is 0 Å². The maximum absolute atomic E-state index is 12.9. The molecule has 6 nitrogen and oxygen atoms in total. The molecule has 0 fully saturated rings. The Morgan fingerprint density at radius 1 is 0.757 bits per heavy atom. The van der Waals surface area contributed by atoms with Crippen LogP contribution in [0.2, 0.25) is 0 Å². The SMILES string of the molecule is CN(C)C(=S)Oc1ccc(C(=O)Nc2ccc3nc4c5ccccc5c5ccccc5c4nc3c2)cc1. The minimum absolute atomic E-state index is 0.230. The zero-order valence-corrected chi connectivity index (χ0v) is 21.0. The highest BCUT2D eigenvalue weighted by molar-refractivity contribution is 7.80. The molecule has 0 aliphatic rings. The summed E-state index contributed by atoms with van der Waals surface area (Å²) < 4.78 is 5.58. The molecule has 0 saturated heterocycles. The van der Waals surface area contributed by atoms with Gasteiger partial charge in [-0.15, -0.1) is 0 Å². The predicted octanol–water partition coefficient (Wildman–Crippen LogP) is 6.57. The van der Waals surface area contributed by atoms with Crippen molar-refractivity contribution in [2.45, 2.75) is 0 Å². The predicted molar refractivity (Wildman–Crippen MR) is 153 cm³/mol. The Kier molecular flexibility index (Phi) is 5.62. The van der Waals surface area contributed by atoms with Crippen molar-refractivity contribution in [3.05, 3.63) is 96.6 Å². The van der Waals surface area contributed by atoms with Crippen molar-refractivity contribution in [2.24, 2.45) is 0 Å². The van der Waals surface area contributed by atoms with Gasteiger partial charge in [0.25, 0.3) is 11.1 Å². The molecule has 7 heteroatoms. The van der Waals surface area contributed by atoms with E-state index in [0.29, 0.717) is 27.7 Å². The smallest absolute Gasteiger partial charge is 0.264 e. The minimum Gasteiger partial charge on any atom is -0.432 e. The van der Waals surface area contributed by atoms with Crippen LogP contribution in [0.4, 0.5) is 5.69 Å². The number of rotatable bonds is 3. The van der Waals surface area contributed by atoms with Gasteiger partial charge in [-0.05, 0) is 65.5 Å². The minimum atomic E-state index is -0.230. The molecule has 0 spiro atoms. The van der Waals surface area contributed by atoms with E-state index in [-0.39, 0.29) is 5.91 Å². The molecule has 0 aliphatic heterocycles. The normalized spacial score (nSPS) is 11.2. The second kappa shape index (κ2) is 9.11. The highest BCUT2D eigenvalue weighted by Crippen LogP contribution is 2.34. The lowest BCUT2D eigenvalue weighted by Crippen LogP contribution is -2.25. The number of amides is 1. The Labute approximate surface area is 218 Å². The highest BCUT2D eigenvalue weighted by atomic mass is 32.1. The Morgan fingerprint density at radius 3 is 1.92 bits per heavy atom. The van der Waals surface area contributed by atoms with E-state index in [0.717, 1.165) is 38.1 Å². The highest BCUT2D eigenvalue weighted by Gasteiger charge is 2.13. The molecular weight excluding hydrogens is 480 g/mol. The quantitative estimate of drug-likeness (QED) is 0.168. The van der Waals surface area contributed by atoms with E-state index in [9.17, 15) is 4.79 Å². The van der Waals surface area contributed by atoms with Crippen LogP contribution in [-0.2, 0) is 0 Å². The largest absolute Gasteiger partial charge is 0.432 e. The van der Waals surface area contributed by atoms with Crippen LogP contribution in [-0.4, -0.2) is 40.0 Å². The van der Waals surface area contributed by atoms with E-state index in [1.54, 1.807) is 29.2 Å². The summed E-state index contributed by atoms with van der Waals surface area (Å²) in [6.07, 6.45) is 0. The fourth-order valence-electron chi connectivity index (χ4n) is 4.43. The lowest BCUT2D eigenvalue weighted by molar-refractivity contribution is 0.102. The van der Waals surface area contributed by atoms with Gasteiger partial charge in [0.2, 0.25) is 0 Å². The molecule has 0 unspecified atom stereocenters. The van der Waals surface area contributed by atoms with Gasteiger partial charge in [0, 0.05) is 36.1 Å². The first-order valence-corrected chi connectivity index (χ1v) is 12.2. The zero-order chi connectivity index (χ0) is 25.5. The van der Waals surface area contributed by atoms with Crippen molar-refractivity contribution in [3.63, 3.8) is 0 Å². The summed E-state index contributed by atoms with van der Waals surface area (Å²) >= 11 is 5.16. The molecule has 0 aliphatic carbocycles. The lowest BCUT2D eigenvalue weighted by Gasteiger charge is -2.14. The standard InChI is InChI=1S/C30H22N4O2S/c1-34(2)30(37)36-20-14-11-18(12-15-20)29(35)31-19-13-16-25-26(17-19)33-28-24-10-6-4-8-22(24)21-7-3-5-9-23(21)27(28)32-25/h3-17H,1-2H3,(H,31,35). The number of aromatic nitrogens is 2. The van der Waals surface area contributed by atoms with Crippen molar-refractivity contribution < 1.29 is 9.53 Å². The van der Waals surface area contributed by atoms with Crippen molar-refractivity contribution in [2.75, 3.05) is 19.4 Å². The first kappa shape index (κ1) is 22.8. The van der Waals surface area contributed by atoms with Gasteiger partial charge < -0.3 is 15.0 Å². The van der Waals surface area contributed by atoms with Crippen molar-refractivity contribution >= 4 is 72.6 Å². The number of carbonyl (C=O) groups excluding carboxylic acids is 1. The topological polar surface area (TPSA) is 67.3 Å². The number of carbonyl (C=O) groups is 1. The number of anilines is 1. The maximum atomic E-state index is 12.9. The van der Waals surface area contributed by atoms with Gasteiger partial charge in [0.15, 0.2) is 0 Å². The van der Waals surface area contributed by atoms with Crippen LogP contribution < -0.4 is 10.1 Å². The van der Waals surface area contributed by atoms with Crippen LogP contribution in [0.1, 0.15) is 10.4 Å². The van der Waals surface area contributed by atoms with Crippen LogP contribution in [0, 0.1) is 0 Å². The van der Waals surface area contributed by atoms with Crippen molar-refractivity contribution in [1.29, 1.82) is 0 Å². The molecule has 6 aromatic rings. The number of nitrogens with one attached hydrogen (secondary N) is 1. The third-order valence-electron chi connectivity index (χ3n) is 6.26. The van der Waals surface area contributed by atoms with Gasteiger partial charge >= 0.3 is 0 Å². The fraction of sp³-hybridized carbons (Fsp3) is 0.0667. The maximum Gasteiger partial charge on any atom is 0.264 e. The Bertz CT molecular complexity index is 1850. The monoisotopic (exact) mass is 502 g/mol. The molecule has 5 aromatic carbocycles.